The van der Waals surface area contributed by atoms with Crippen LogP contribution in [0.25, 0.3) is 11.3 Å². The van der Waals surface area contributed by atoms with Gasteiger partial charge in [0.2, 0.25) is 0 Å². The SMILES string of the molecule is c1cc(-c2ccc(CNCc3cc[nH]c3)cc2)[nH]n1. The van der Waals surface area contributed by atoms with E-state index in [0.29, 0.717) is 0 Å². The predicted molar refractivity (Wildman–Crippen MR) is 75.4 cm³/mol. The van der Waals surface area contributed by atoms with Gasteiger partial charge in [-0.25, -0.2) is 0 Å². The van der Waals surface area contributed by atoms with Gasteiger partial charge < -0.3 is 10.3 Å². The Labute approximate surface area is 111 Å². The molecule has 3 N–H and O–H groups in total. The van der Waals surface area contributed by atoms with Gasteiger partial charge in [-0.1, -0.05) is 24.3 Å². The van der Waals surface area contributed by atoms with Gasteiger partial charge in [-0.3, -0.25) is 5.10 Å². The molecule has 1 aromatic carbocycles. The maximum atomic E-state index is 3.96. The molecule has 2 aromatic heterocycles. The molecule has 0 aliphatic heterocycles. The van der Waals surface area contributed by atoms with E-state index in [-0.39, 0.29) is 0 Å². The number of nitrogens with zero attached hydrogens (tertiary/aromatic N) is 1. The van der Waals surface area contributed by atoms with Crippen LogP contribution in [-0.2, 0) is 13.1 Å². The van der Waals surface area contributed by atoms with Crippen molar-refractivity contribution in [1.29, 1.82) is 0 Å². The first-order valence-corrected chi connectivity index (χ1v) is 6.33. The average molecular weight is 252 g/mol. The highest BCUT2D eigenvalue weighted by Crippen LogP contribution is 2.16. The van der Waals surface area contributed by atoms with Gasteiger partial charge >= 0.3 is 0 Å². The second-order valence-corrected chi connectivity index (χ2v) is 4.49. The van der Waals surface area contributed by atoms with E-state index in [9.17, 15) is 0 Å². The molecular weight excluding hydrogens is 236 g/mol. The Morgan fingerprint density at radius 2 is 1.79 bits per heavy atom. The number of benzene rings is 1. The van der Waals surface area contributed by atoms with Gasteiger partial charge in [0.25, 0.3) is 0 Å². The van der Waals surface area contributed by atoms with E-state index in [1.54, 1.807) is 6.20 Å². The van der Waals surface area contributed by atoms with Crippen LogP contribution in [0.15, 0.2) is 55.0 Å². The van der Waals surface area contributed by atoms with E-state index in [1.807, 2.05) is 18.5 Å². The summed E-state index contributed by atoms with van der Waals surface area (Å²) in [4.78, 5) is 3.05. The Bertz CT molecular complexity index is 594. The van der Waals surface area contributed by atoms with Gasteiger partial charge in [0.05, 0.1) is 5.69 Å². The van der Waals surface area contributed by atoms with Crippen molar-refractivity contribution in [2.24, 2.45) is 0 Å². The van der Waals surface area contributed by atoms with Crippen molar-refractivity contribution in [2.75, 3.05) is 0 Å². The zero-order valence-electron chi connectivity index (χ0n) is 10.6. The molecule has 96 valence electrons. The van der Waals surface area contributed by atoms with Crippen LogP contribution in [0.5, 0.6) is 0 Å². The van der Waals surface area contributed by atoms with Crippen LogP contribution in [0.4, 0.5) is 0 Å². The van der Waals surface area contributed by atoms with Crippen LogP contribution in [0, 0.1) is 0 Å². The fourth-order valence-electron chi connectivity index (χ4n) is 2.04. The molecule has 19 heavy (non-hydrogen) atoms. The third-order valence-electron chi connectivity index (χ3n) is 3.09. The second-order valence-electron chi connectivity index (χ2n) is 4.49. The summed E-state index contributed by atoms with van der Waals surface area (Å²) in [6.45, 7) is 1.75. The van der Waals surface area contributed by atoms with Crippen molar-refractivity contribution < 1.29 is 0 Å². The molecular formula is C15H16N4. The van der Waals surface area contributed by atoms with Crippen LogP contribution in [-0.4, -0.2) is 15.2 Å². The lowest BCUT2D eigenvalue weighted by molar-refractivity contribution is 0.694. The van der Waals surface area contributed by atoms with Crippen molar-refractivity contribution in [3.05, 3.63) is 66.1 Å². The first-order chi connectivity index (χ1) is 9.42. The fraction of sp³-hybridized carbons (Fsp3) is 0.133. The molecule has 0 amide bonds. The standard InChI is InChI=1S/C15H16N4/c1-3-14(15-6-8-18-19-15)4-2-12(1)9-17-11-13-5-7-16-10-13/h1-8,10,16-17H,9,11H2,(H,18,19). The smallest absolute Gasteiger partial charge is 0.0650 e. The lowest BCUT2D eigenvalue weighted by atomic mass is 10.1. The Morgan fingerprint density at radius 3 is 2.47 bits per heavy atom. The zero-order chi connectivity index (χ0) is 12.9. The van der Waals surface area contributed by atoms with Crippen LogP contribution >= 0.6 is 0 Å². The predicted octanol–water partition coefficient (Wildman–Crippen LogP) is 2.69. The minimum absolute atomic E-state index is 0.869. The largest absolute Gasteiger partial charge is 0.367 e. The van der Waals surface area contributed by atoms with E-state index < -0.39 is 0 Å². The summed E-state index contributed by atoms with van der Waals surface area (Å²) >= 11 is 0. The molecule has 3 aromatic rings. The van der Waals surface area contributed by atoms with E-state index in [4.69, 9.17) is 0 Å². The summed E-state index contributed by atoms with van der Waals surface area (Å²) in [6, 6.07) is 12.6. The molecule has 0 radical (unpaired) electrons. The monoisotopic (exact) mass is 252 g/mol. The zero-order valence-corrected chi connectivity index (χ0v) is 10.6. The van der Waals surface area contributed by atoms with E-state index >= 15 is 0 Å². The lowest BCUT2D eigenvalue weighted by Crippen LogP contribution is -2.11. The first-order valence-electron chi connectivity index (χ1n) is 6.33. The van der Waals surface area contributed by atoms with Gasteiger partial charge in [0.15, 0.2) is 0 Å². The quantitative estimate of drug-likeness (QED) is 0.654. The molecule has 0 fully saturated rings. The number of hydrogen-bond donors (Lipinski definition) is 3. The molecule has 0 aliphatic rings. The molecule has 0 unspecified atom stereocenters. The minimum atomic E-state index is 0.869. The maximum Gasteiger partial charge on any atom is 0.0650 e. The summed E-state index contributed by atoms with van der Waals surface area (Å²) in [6.07, 6.45) is 5.71. The number of hydrogen-bond acceptors (Lipinski definition) is 2. The van der Waals surface area contributed by atoms with E-state index in [0.717, 1.165) is 24.3 Å². The normalized spacial score (nSPS) is 10.7. The summed E-state index contributed by atoms with van der Waals surface area (Å²) in [5.41, 5.74) is 4.76. The maximum absolute atomic E-state index is 3.96. The number of nitrogens with one attached hydrogen (secondary N) is 3. The van der Waals surface area contributed by atoms with Gasteiger partial charge in [-0.05, 0) is 28.8 Å². The molecule has 4 nitrogen and oxygen atoms in total. The summed E-state index contributed by atoms with van der Waals surface area (Å²) < 4.78 is 0. The van der Waals surface area contributed by atoms with Gasteiger partial charge in [-0.2, -0.15) is 5.10 Å². The molecule has 3 rings (SSSR count). The van der Waals surface area contributed by atoms with Crippen molar-refractivity contribution in [3.8, 4) is 11.3 Å². The molecule has 0 atom stereocenters. The topological polar surface area (TPSA) is 56.5 Å². The highest BCUT2D eigenvalue weighted by molar-refractivity contribution is 5.58. The summed E-state index contributed by atoms with van der Waals surface area (Å²) in [7, 11) is 0. The summed E-state index contributed by atoms with van der Waals surface area (Å²) in [5.74, 6) is 0. The minimum Gasteiger partial charge on any atom is -0.367 e. The van der Waals surface area contributed by atoms with Crippen molar-refractivity contribution in [1.82, 2.24) is 20.5 Å². The van der Waals surface area contributed by atoms with Crippen LogP contribution in [0.2, 0.25) is 0 Å². The third kappa shape index (κ3) is 2.92. The van der Waals surface area contributed by atoms with Gasteiger partial charge in [0, 0.05) is 31.7 Å². The van der Waals surface area contributed by atoms with Crippen LogP contribution in [0.3, 0.4) is 0 Å². The molecule has 0 saturated heterocycles. The highest BCUT2D eigenvalue weighted by Gasteiger charge is 1.99. The molecule has 2 heterocycles. The van der Waals surface area contributed by atoms with Crippen LogP contribution < -0.4 is 5.32 Å². The van der Waals surface area contributed by atoms with Gasteiger partial charge in [-0.15, -0.1) is 0 Å². The molecule has 4 heteroatoms. The van der Waals surface area contributed by atoms with Crippen molar-refractivity contribution in [3.63, 3.8) is 0 Å². The number of aromatic amines is 2. The van der Waals surface area contributed by atoms with E-state index in [2.05, 4.69) is 50.8 Å². The molecule has 0 aliphatic carbocycles. The fourth-order valence-corrected chi connectivity index (χ4v) is 2.04. The Hall–Kier alpha value is -2.33. The summed E-state index contributed by atoms with van der Waals surface area (Å²) in [5, 5.41) is 10.3. The van der Waals surface area contributed by atoms with Crippen LogP contribution in [0.1, 0.15) is 11.1 Å². The number of aromatic nitrogens is 3. The highest BCUT2D eigenvalue weighted by atomic mass is 15.1. The number of H-pyrrole nitrogens is 2. The molecule has 0 saturated carbocycles. The molecule has 0 spiro atoms. The van der Waals surface area contributed by atoms with Crippen molar-refractivity contribution >= 4 is 0 Å². The average Bonchev–Trinajstić information content (AvgIpc) is 3.13. The molecule has 0 bridgehead atoms. The second kappa shape index (κ2) is 5.54. The third-order valence-corrected chi connectivity index (χ3v) is 3.09. The Balaban J connectivity index is 1.57. The van der Waals surface area contributed by atoms with E-state index in [1.165, 1.54) is 11.1 Å². The Morgan fingerprint density at radius 1 is 0.947 bits per heavy atom. The Kier molecular flexibility index (Phi) is 3.42. The first kappa shape index (κ1) is 11.7. The van der Waals surface area contributed by atoms with Gasteiger partial charge in [0.1, 0.15) is 0 Å². The van der Waals surface area contributed by atoms with Crippen molar-refractivity contribution in [2.45, 2.75) is 13.1 Å². The lowest BCUT2D eigenvalue weighted by Gasteiger charge is -2.04. The number of rotatable bonds is 5.